The maximum absolute atomic E-state index is 11.6. The topological polar surface area (TPSA) is 40.5 Å². The lowest BCUT2D eigenvalue weighted by molar-refractivity contribution is -0.150. The molecule has 1 fully saturated rings. The summed E-state index contributed by atoms with van der Waals surface area (Å²) in [4.78, 5) is 13.6. The first kappa shape index (κ1) is 11.1. The Labute approximate surface area is 95.7 Å². The normalized spacial score (nSPS) is 20.6. The molecule has 1 aliphatic rings. The molecule has 0 aliphatic carbocycles. The number of aliphatic carboxylic acids is 1. The van der Waals surface area contributed by atoms with Crippen molar-refractivity contribution >= 4 is 5.97 Å². The molecular formula is C13H17NO2. The Bertz CT molecular complexity index is 371. The number of rotatable bonds is 3. The Balaban J connectivity index is 2.39. The fourth-order valence-electron chi connectivity index (χ4n) is 2.37. The molecule has 0 aromatic heterocycles. The van der Waals surface area contributed by atoms with Gasteiger partial charge < -0.3 is 5.11 Å². The fourth-order valence-corrected chi connectivity index (χ4v) is 2.37. The Morgan fingerprint density at radius 3 is 2.31 bits per heavy atom. The Morgan fingerprint density at radius 1 is 1.25 bits per heavy atom. The van der Waals surface area contributed by atoms with Crippen molar-refractivity contribution in [2.45, 2.75) is 25.3 Å². The SMILES string of the molecule is C[C@@](C(=O)O)(c1ccccc1)N1CCCC1. The van der Waals surface area contributed by atoms with Gasteiger partial charge in [-0.1, -0.05) is 30.3 Å². The van der Waals surface area contributed by atoms with Crippen LogP contribution in [-0.2, 0) is 10.3 Å². The van der Waals surface area contributed by atoms with Crippen LogP contribution in [0.2, 0.25) is 0 Å². The van der Waals surface area contributed by atoms with Crippen LogP contribution in [-0.4, -0.2) is 29.1 Å². The summed E-state index contributed by atoms with van der Waals surface area (Å²) in [7, 11) is 0. The van der Waals surface area contributed by atoms with E-state index in [9.17, 15) is 9.90 Å². The van der Waals surface area contributed by atoms with E-state index in [0.29, 0.717) is 0 Å². The van der Waals surface area contributed by atoms with Gasteiger partial charge in [0.25, 0.3) is 0 Å². The molecule has 0 spiro atoms. The first-order valence-corrected chi connectivity index (χ1v) is 5.69. The molecule has 1 aromatic rings. The Kier molecular flexibility index (Phi) is 2.97. The first-order valence-electron chi connectivity index (χ1n) is 5.69. The van der Waals surface area contributed by atoms with Gasteiger partial charge in [0, 0.05) is 0 Å². The van der Waals surface area contributed by atoms with Gasteiger partial charge >= 0.3 is 5.97 Å². The third-order valence-corrected chi connectivity index (χ3v) is 3.49. The number of carbonyl (C=O) groups is 1. The van der Waals surface area contributed by atoms with E-state index in [-0.39, 0.29) is 0 Å². The predicted molar refractivity (Wildman–Crippen MR) is 62.2 cm³/mol. The fraction of sp³-hybridized carbons (Fsp3) is 0.462. The number of carboxylic acids is 1. The third kappa shape index (κ3) is 1.71. The number of likely N-dealkylation sites (tertiary alicyclic amines) is 1. The van der Waals surface area contributed by atoms with Crippen molar-refractivity contribution in [2.24, 2.45) is 0 Å². The van der Waals surface area contributed by atoms with Gasteiger partial charge in [-0.3, -0.25) is 4.90 Å². The van der Waals surface area contributed by atoms with Gasteiger partial charge in [-0.05, 0) is 38.4 Å². The van der Waals surface area contributed by atoms with E-state index in [1.54, 1.807) is 6.92 Å². The van der Waals surface area contributed by atoms with Crippen LogP contribution in [0.4, 0.5) is 0 Å². The monoisotopic (exact) mass is 219 g/mol. The second kappa shape index (κ2) is 4.26. The molecule has 1 atom stereocenters. The van der Waals surface area contributed by atoms with Crippen LogP contribution in [0.25, 0.3) is 0 Å². The molecule has 0 saturated carbocycles. The van der Waals surface area contributed by atoms with Crippen molar-refractivity contribution in [3.63, 3.8) is 0 Å². The molecule has 16 heavy (non-hydrogen) atoms. The number of nitrogens with zero attached hydrogens (tertiary/aromatic N) is 1. The van der Waals surface area contributed by atoms with E-state index in [1.807, 2.05) is 30.3 Å². The van der Waals surface area contributed by atoms with Crippen LogP contribution < -0.4 is 0 Å². The first-order chi connectivity index (χ1) is 7.65. The second-order valence-electron chi connectivity index (χ2n) is 4.44. The van der Waals surface area contributed by atoms with Crippen molar-refractivity contribution in [1.29, 1.82) is 0 Å². The summed E-state index contributed by atoms with van der Waals surface area (Å²) in [5.41, 5.74) is -0.0120. The number of hydrogen-bond acceptors (Lipinski definition) is 2. The quantitative estimate of drug-likeness (QED) is 0.846. The van der Waals surface area contributed by atoms with E-state index in [1.165, 1.54) is 0 Å². The van der Waals surface area contributed by atoms with E-state index in [2.05, 4.69) is 4.90 Å². The molecule has 0 amide bonds. The van der Waals surface area contributed by atoms with E-state index >= 15 is 0 Å². The van der Waals surface area contributed by atoms with Gasteiger partial charge in [0.05, 0.1) is 0 Å². The zero-order valence-electron chi connectivity index (χ0n) is 9.52. The molecule has 3 nitrogen and oxygen atoms in total. The molecule has 1 aromatic carbocycles. The van der Waals surface area contributed by atoms with E-state index < -0.39 is 11.5 Å². The average molecular weight is 219 g/mol. The standard InChI is InChI=1S/C13H17NO2/c1-13(12(15)16,14-9-5-6-10-14)11-7-3-2-4-8-11/h2-4,7-8H,5-6,9-10H2,1H3,(H,15,16)/t13-/m0/s1. The lowest BCUT2D eigenvalue weighted by atomic mass is 9.90. The van der Waals surface area contributed by atoms with Crippen LogP contribution in [0.15, 0.2) is 30.3 Å². The van der Waals surface area contributed by atoms with Gasteiger partial charge in [-0.15, -0.1) is 0 Å². The summed E-state index contributed by atoms with van der Waals surface area (Å²) in [6, 6.07) is 9.49. The average Bonchev–Trinajstić information content (AvgIpc) is 2.82. The highest BCUT2D eigenvalue weighted by molar-refractivity contribution is 5.80. The van der Waals surface area contributed by atoms with Crippen LogP contribution in [0.5, 0.6) is 0 Å². The highest BCUT2D eigenvalue weighted by Crippen LogP contribution is 2.31. The minimum Gasteiger partial charge on any atom is -0.480 e. The van der Waals surface area contributed by atoms with Crippen molar-refractivity contribution < 1.29 is 9.90 Å². The lowest BCUT2D eigenvalue weighted by Gasteiger charge is -2.35. The number of benzene rings is 1. The summed E-state index contributed by atoms with van der Waals surface area (Å²) in [5.74, 6) is -0.763. The molecule has 0 radical (unpaired) electrons. The van der Waals surface area contributed by atoms with Crippen LogP contribution in [0.3, 0.4) is 0 Å². The molecule has 1 N–H and O–H groups in total. The predicted octanol–water partition coefficient (Wildman–Crippen LogP) is 2.08. The summed E-state index contributed by atoms with van der Waals surface area (Å²) in [6.07, 6.45) is 2.19. The van der Waals surface area contributed by atoms with E-state index in [4.69, 9.17) is 0 Å². The maximum Gasteiger partial charge on any atom is 0.328 e. The highest BCUT2D eigenvalue weighted by atomic mass is 16.4. The molecule has 3 heteroatoms. The molecule has 0 bridgehead atoms. The van der Waals surface area contributed by atoms with Gasteiger partial charge in [-0.2, -0.15) is 0 Å². The van der Waals surface area contributed by atoms with Crippen molar-refractivity contribution in [2.75, 3.05) is 13.1 Å². The van der Waals surface area contributed by atoms with Gasteiger partial charge in [0.15, 0.2) is 0 Å². The molecule has 0 unspecified atom stereocenters. The molecular weight excluding hydrogens is 202 g/mol. The Hall–Kier alpha value is -1.35. The van der Waals surface area contributed by atoms with Gasteiger partial charge in [0.2, 0.25) is 0 Å². The van der Waals surface area contributed by atoms with E-state index in [0.717, 1.165) is 31.5 Å². The zero-order valence-corrected chi connectivity index (χ0v) is 9.52. The van der Waals surface area contributed by atoms with Crippen molar-refractivity contribution in [3.8, 4) is 0 Å². The van der Waals surface area contributed by atoms with Gasteiger partial charge in [-0.25, -0.2) is 4.79 Å². The maximum atomic E-state index is 11.6. The second-order valence-corrected chi connectivity index (χ2v) is 4.44. The van der Waals surface area contributed by atoms with Crippen LogP contribution >= 0.6 is 0 Å². The lowest BCUT2D eigenvalue weighted by Crippen LogP contribution is -2.48. The van der Waals surface area contributed by atoms with Crippen LogP contribution in [0.1, 0.15) is 25.3 Å². The molecule has 1 heterocycles. The summed E-state index contributed by atoms with van der Waals surface area (Å²) in [5, 5.41) is 9.50. The number of hydrogen-bond donors (Lipinski definition) is 1. The van der Waals surface area contributed by atoms with Crippen LogP contribution in [0, 0.1) is 0 Å². The van der Waals surface area contributed by atoms with Crippen molar-refractivity contribution in [3.05, 3.63) is 35.9 Å². The molecule has 86 valence electrons. The molecule has 2 rings (SSSR count). The summed E-state index contributed by atoms with van der Waals surface area (Å²) < 4.78 is 0. The third-order valence-electron chi connectivity index (χ3n) is 3.49. The summed E-state index contributed by atoms with van der Waals surface area (Å²) >= 11 is 0. The molecule has 1 aliphatic heterocycles. The smallest absolute Gasteiger partial charge is 0.328 e. The Morgan fingerprint density at radius 2 is 1.81 bits per heavy atom. The molecule has 1 saturated heterocycles. The largest absolute Gasteiger partial charge is 0.480 e. The highest BCUT2D eigenvalue weighted by Gasteiger charge is 2.42. The summed E-state index contributed by atoms with van der Waals surface area (Å²) in [6.45, 7) is 3.55. The zero-order chi connectivity index (χ0) is 11.6. The number of carboxylic acid groups (broad SMARTS) is 1. The van der Waals surface area contributed by atoms with Gasteiger partial charge in [0.1, 0.15) is 5.54 Å². The van der Waals surface area contributed by atoms with Crippen molar-refractivity contribution in [1.82, 2.24) is 4.90 Å². The minimum absolute atomic E-state index is 0.763. The minimum atomic E-state index is -0.877.